The number of nitrogens with zero attached hydrogens (tertiary/aromatic N) is 3. The van der Waals surface area contributed by atoms with Crippen LogP contribution in [0.15, 0.2) is 0 Å². The Balaban J connectivity index is 0.0000250. The first kappa shape index (κ1) is 46.6. The summed E-state index contributed by atoms with van der Waals surface area (Å²) < 4.78 is 0. The van der Waals surface area contributed by atoms with Gasteiger partial charge >= 0.3 is 0 Å². The molecule has 1 aliphatic heterocycles. The number of aliphatic hydroxyl groups is 1. The molecule has 0 saturated carbocycles. The maximum absolute atomic E-state index is 13.6. The second kappa shape index (κ2) is 23.9. The maximum atomic E-state index is 13.6. The van der Waals surface area contributed by atoms with Crippen LogP contribution in [0.3, 0.4) is 0 Å². The quantitative estimate of drug-likeness (QED) is 0.0478. The molecular formula is C28H47FeN9O13. The number of hydrogen-bond donors (Lipinski definition) is 10. The Morgan fingerprint density at radius 1 is 0.549 bits per heavy atom. The number of nitrogens with one attached hydrogen (secondary N) is 6. The zero-order valence-electron chi connectivity index (χ0n) is 28.5. The van der Waals surface area contributed by atoms with E-state index < -0.39 is 97.0 Å². The fourth-order valence-electron chi connectivity index (χ4n) is 4.42. The molecule has 51 heavy (non-hydrogen) atoms. The summed E-state index contributed by atoms with van der Waals surface area (Å²) in [7, 11) is 0. The van der Waals surface area contributed by atoms with Crippen LogP contribution >= 0.6 is 0 Å². The van der Waals surface area contributed by atoms with Crippen molar-refractivity contribution in [1.29, 1.82) is 0 Å². The minimum atomic E-state index is -1.54. The molecule has 0 aliphatic carbocycles. The first-order valence-corrected chi connectivity index (χ1v) is 15.7. The second-order valence-corrected chi connectivity index (χ2v) is 11.3. The van der Waals surface area contributed by atoms with Gasteiger partial charge in [0.1, 0.15) is 24.2 Å². The summed E-state index contributed by atoms with van der Waals surface area (Å²) in [6.07, 6.45) is -0.685. The Hall–Kier alpha value is -4.41. The number of carbonyl (C=O) groups excluding carboxylic acids is 9. The average molecular weight is 774 g/mol. The molecule has 0 aromatic heterocycles. The van der Waals surface area contributed by atoms with Crippen molar-refractivity contribution in [2.24, 2.45) is 0 Å². The molecule has 1 saturated heterocycles. The van der Waals surface area contributed by atoms with Crippen LogP contribution in [0.5, 0.6) is 0 Å². The summed E-state index contributed by atoms with van der Waals surface area (Å²) in [5.41, 5.74) is 0. The van der Waals surface area contributed by atoms with E-state index in [9.17, 15) is 63.9 Å². The number of hydrogen-bond acceptors (Lipinski definition) is 13. The summed E-state index contributed by atoms with van der Waals surface area (Å²) >= 11 is 0. The van der Waals surface area contributed by atoms with Crippen LogP contribution in [0.2, 0.25) is 0 Å². The van der Waals surface area contributed by atoms with Gasteiger partial charge in [0, 0.05) is 57.5 Å². The number of hydroxylamine groups is 6. The van der Waals surface area contributed by atoms with E-state index in [0.717, 1.165) is 20.8 Å². The maximum Gasteiger partial charge on any atom is 0.245 e. The van der Waals surface area contributed by atoms with Gasteiger partial charge in [-0.3, -0.25) is 58.8 Å². The molecule has 1 fully saturated rings. The summed E-state index contributed by atoms with van der Waals surface area (Å²) in [5, 5.41) is 53.9. The fraction of sp³-hybridized carbons (Fsp3) is 0.679. The molecule has 0 bridgehead atoms. The smallest absolute Gasteiger partial charge is 0.245 e. The SMILES string of the molecule is CC(=O)N(O)CCC[C@H]1NC(=O)CNC(=O)[C@H](CO)NC(=O)CNC(=O)[C@@H](CCCN(O)C(C)=O)NC(=O)[C@@H](CCCN(O)C(C)=O)NC1=O.[Fe]. The van der Waals surface area contributed by atoms with E-state index in [2.05, 4.69) is 31.9 Å². The number of amides is 9. The first-order chi connectivity index (χ1) is 23.5. The van der Waals surface area contributed by atoms with Gasteiger partial charge in [0.05, 0.1) is 19.7 Å². The third kappa shape index (κ3) is 17.9. The van der Waals surface area contributed by atoms with Crippen LogP contribution in [0.25, 0.3) is 0 Å². The van der Waals surface area contributed by atoms with E-state index in [-0.39, 0.29) is 75.2 Å². The molecule has 4 atom stereocenters. The topological polar surface area (TPSA) is 316 Å². The number of rotatable bonds is 13. The molecular weight excluding hydrogens is 726 g/mol. The van der Waals surface area contributed by atoms with Crippen LogP contribution in [-0.4, -0.2) is 153 Å². The molecule has 1 heterocycles. The van der Waals surface area contributed by atoms with Gasteiger partial charge in [0.25, 0.3) is 0 Å². The van der Waals surface area contributed by atoms with E-state index in [1.54, 1.807) is 0 Å². The van der Waals surface area contributed by atoms with E-state index in [1.807, 2.05) is 0 Å². The minimum Gasteiger partial charge on any atom is -0.394 e. The van der Waals surface area contributed by atoms with E-state index >= 15 is 0 Å². The minimum absolute atomic E-state index is 0. The molecule has 0 unspecified atom stereocenters. The molecule has 290 valence electrons. The van der Waals surface area contributed by atoms with Gasteiger partial charge in [0.2, 0.25) is 53.2 Å². The Morgan fingerprint density at radius 2 is 0.843 bits per heavy atom. The van der Waals surface area contributed by atoms with Crippen molar-refractivity contribution in [3.63, 3.8) is 0 Å². The van der Waals surface area contributed by atoms with Crippen molar-refractivity contribution in [3.05, 3.63) is 0 Å². The van der Waals surface area contributed by atoms with Gasteiger partial charge in [-0.1, -0.05) is 0 Å². The zero-order chi connectivity index (χ0) is 38.0. The monoisotopic (exact) mass is 773 g/mol. The zero-order valence-corrected chi connectivity index (χ0v) is 29.6. The van der Waals surface area contributed by atoms with Crippen LogP contribution in [0, 0.1) is 0 Å². The Labute approximate surface area is 303 Å². The van der Waals surface area contributed by atoms with Crippen LogP contribution < -0.4 is 31.9 Å². The van der Waals surface area contributed by atoms with Crippen molar-refractivity contribution in [3.8, 4) is 0 Å². The molecule has 23 heteroatoms. The molecule has 1 aliphatic rings. The van der Waals surface area contributed by atoms with E-state index in [4.69, 9.17) is 0 Å². The van der Waals surface area contributed by atoms with Gasteiger partial charge < -0.3 is 37.0 Å². The van der Waals surface area contributed by atoms with Crippen LogP contribution in [-0.2, 0) is 60.2 Å². The predicted octanol–water partition coefficient (Wildman–Crippen LogP) is -4.78. The van der Waals surface area contributed by atoms with E-state index in [0.29, 0.717) is 15.2 Å². The van der Waals surface area contributed by atoms with Crippen molar-refractivity contribution in [2.45, 2.75) is 83.5 Å². The summed E-state index contributed by atoms with van der Waals surface area (Å²) in [6.45, 7) is 0.217. The standard InChI is InChI=1S/C28H47N9O13.Fe/c1-16(39)35(48)10-4-7-19-25(44)29-14-24(43)32-22(15-38)26(45)30-13-23(42)31-20(8-5-11-36(49)17(2)40)27(46)34-21(28(47)33-19)9-6-12-37(50)18(3)41;/h19-22,38,48-50H,4-15H2,1-3H3,(H,29,44)(H,30,45)(H,31,42)(H,32,43)(H,33,47)(H,34,46);/t19-,20-,21-,22+;/m1./s1. The van der Waals surface area contributed by atoms with Crippen molar-refractivity contribution < 1.29 is 80.9 Å². The third-order valence-electron chi connectivity index (χ3n) is 7.28. The van der Waals surface area contributed by atoms with Gasteiger partial charge in [-0.05, 0) is 38.5 Å². The van der Waals surface area contributed by atoms with Gasteiger partial charge in [0.15, 0.2) is 0 Å². The predicted molar refractivity (Wildman–Crippen MR) is 166 cm³/mol. The molecule has 10 N–H and O–H groups in total. The number of aliphatic hydroxyl groups excluding tert-OH is 1. The van der Waals surface area contributed by atoms with Crippen LogP contribution in [0.4, 0.5) is 0 Å². The van der Waals surface area contributed by atoms with Crippen molar-refractivity contribution >= 4 is 53.2 Å². The van der Waals surface area contributed by atoms with Crippen molar-refractivity contribution in [1.82, 2.24) is 47.1 Å². The Morgan fingerprint density at radius 3 is 1.18 bits per heavy atom. The summed E-state index contributed by atoms with van der Waals surface area (Å²) in [4.78, 5) is 112. The summed E-state index contributed by atoms with van der Waals surface area (Å²) in [5.74, 6) is -7.64. The normalized spacial score (nSPS) is 20.8. The van der Waals surface area contributed by atoms with Gasteiger partial charge in [-0.25, -0.2) is 15.2 Å². The molecule has 0 radical (unpaired) electrons. The molecule has 9 amide bonds. The molecule has 0 spiro atoms. The first-order valence-electron chi connectivity index (χ1n) is 15.7. The Bertz CT molecular complexity index is 1230. The van der Waals surface area contributed by atoms with Crippen LogP contribution in [0.1, 0.15) is 59.3 Å². The Kier molecular flexibility index (Phi) is 21.8. The fourth-order valence-corrected chi connectivity index (χ4v) is 4.42. The largest absolute Gasteiger partial charge is 0.394 e. The molecule has 22 nitrogen and oxygen atoms in total. The average Bonchev–Trinajstić information content (AvgIpc) is 3.05. The molecule has 0 aromatic carbocycles. The number of carbonyl (C=O) groups is 9. The van der Waals surface area contributed by atoms with Crippen molar-refractivity contribution in [2.75, 3.05) is 39.3 Å². The van der Waals surface area contributed by atoms with E-state index in [1.165, 1.54) is 0 Å². The molecule has 0 aromatic rings. The van der Waals surface area contributed by atoms with Gasteiger partial charge in [-0.15, -0.1) is 0 Å². The third-order valence-corrected chi connectivity index (χ3v) is 7.28. The van der Waals surface area contributed by atoms with Gasteiger partial charge in [-0.2, -0.15) is 0 Å². The summed E-state index contributed by atoms with van der Waals surface area (Å²) in [6, 6.07) is -5.79. The second-order valence-electron chi connectivity index (χ2n) is 11.3. The molecule has 1 rings (SSSR count).